The molecule has 0 bridgehead atoms. The van der Waals surface area contributed by atoms with Crippen LogP contribution in [0.1, 0.15) is 31.9 Å². The quantitative estimate of drug-likeness (QED) is 0.719. The third kappa shape index (κ3) is 4.11. The second-order valence-electron chi connectivity index (χ2n) is 7.12. The summed E-state index contributed by atoms with van der Waals surface area (Å²) in [7, 11) is 1.57. The highest BCUT2D eigenvalue weighted by Gasteiger charge is 2.38. The van der Waals surface area contributed by atoms with Crippen LogP contribution in [0.4, 0.5) is 5.69 Å². The molecule has 6 heteroatoms. The van der Waals surface area contributed by atoms with Crippen molar-refractivity contribution >= 4 is 23.1 Å². The normalized spacial score (nSPS) is 14.1. The molecule has 2 aromatic carbocycles. The van der Waals surface area contributed by atoms with Gasteiger partial charge in [0.1, 0.15) is 17.2 Å². The van der Waals surface area contributed by atoms with Gasteiger partial charge in [0.2, 0.25) is 0 Å². The molecular formula is C23H26N2O4. The molecule has 2 amide bonds. The second-order valence-corrected chi connectivity index (χ2v) is 7.12. The number of rotatable bonds is 7. The van der Waals surface area contributed by atoms with Crippen molar-refractivity contribution in [3.8, 4) is 11.5 Å². The van der Waals surface area contributed by atoms with Gasteiger partial charge in [-0.1, -0.05) is 18.2 Å². The number of imide groups is 1. The van der Waals surface area contributed by atoms with Crippen molar-refractivity contribution in [1.29, 1.82) is 0 Å². The van der Waals surface area contributed by atoms with Gasteiger partial charge in [-0.2, -0.15) is 0 Å². The van der Waals surface area contributed by atoms with Crippen LogP contribution in [0.2, 0.25) is 0 Å². The molecule has 0 radical (unpaired) electrons. The fourth-order valence-corrected chi connectivity index (χ4v) is 3.27. The smallest absolute Gasteiger partial charge is 0.278 e. The Morgan fingerprint density at radius 2 is 1.72 bits per heavy atom. The van der Waals surface area contributed by atoms with Gasteiger partial charge in [-0.05, 0) is 63.1 Å². The number of nitrogens with one attached hydrogen (secondary N) is 1. The van der Waals surface area contributed by atoms with Gasteiger partial charge in [0.25, 0.3) is 11.8 Å². The van der Waals surface area contributed by atoms with E-state index in [-0.39, 0.29) is 23.6 Å². The van der Waals surface area contributed by atoms with E-state index in [4.69, 9.17) is 9.47 Å². The Bertz CT molecular complexity index is 961. The standard InChI is InChI=1S/C23H26N2O4/c1-6-25-22(26)20(16-8-10-17(11-9-16)29-14(2)3)21(23(25)27)24-18-13-15(4)7-12-19(18)28-5/h7-14,24H,6H2,1-5H3. The zero-order valence-corrected chi connectivity index (χ0v) is 17.4. The molecule has 1 aliphatic heterocycles. The average Bonchev–Trinajstić information content (AvgIpc) is 2.91. The predicted octanol–water partition coefficient (Wildman–Crippen LogP) is 4.00. The van der Waals surface area contributed by atoms with Crippen LogP contribution in [0.25, 0.3) is 5.57 Å². The van der Waals surface area contributed by atoms with Crippen LogP contribution >= 0.6 is 0 Å². The van der Waals surface area contributed by atoms with E-state index in [0.29, 0.717) is 34.9 Å². The maximum Gasteiger partial charge on any atom is 0.278 e. The first-order valence-electron chi connectivity index (χ1n) is 9.65. The first-order chi connectivity index (χ1) is 13.8. The molecule has 0 unspecified atom stereocenters. The van der Waals surface area contributed by atoms with Gasteiger partial charge < -0.3 is 14.8 Å². The Labute approximate surface area is 171 Å². The number of ether oxygens (including phenoxy) is 2. The highest BCUT2D eigenvalue weighted by Crippen LogP contribution is 2.34. The van der Waals surface area contributed by atoms with E-state index in [2.05, 4.69) is 5.32 Å². The van der Waals surface area contributed by atoms with Crippen molar-refractivity contribution in [2.45, 2.75) is 33.8 Å². The number of aryl methyl sites for hydroxylation is 1. The molecule has 1 heterocycles. The molecule has 0 spiro atoms. The monoisotopic (exact) mass is 394 g/mol. The van der Waals surface area contributed by atoms with E-state index in [1.165, 1.54) is 4.90 Å². The Morgan fingerprint density at radius 3 is 2.31 bits per heavy atom. The second kappa shape index (κ2) is 8.39. The van der Waals surface area contributed by atoms with E-state index in [1.54, 1.807) is 38.3 Å². The van der Waals surface area contributed by atoms with Gasteiger partial charge in [-0.3, -0.25) is 14.5 Å². The molecule has 1 aliphatic rings. The van der Waals surface area contributed by atoms with Crippen molar-refractivity contribution in [1.82, 2.24) is 4.90 Å². The van der Waals surface area contributed by atoms with Gasteiger partial charge in [0, 0.05) is 6.54 Å². The van der Waals surface area contributed by atoms with Crippen molar-refractivity contribution in [3.05, 3.63) is 59.3 Å². The molecule has 0 aromatic heterocycles. The molecule has 3 rings (SSSR count). The summed E-state index contributed by atoms with van der Waals surface area (Å²) in [6, 6.07) is 12.8. The fourth-order valence-electron chi connectivity index (χ4n) is 3.27. The number of hydrogen-bond donors (Lipinski definition) is 1. The van der Waals surface area contributed by atoms with Crippen LogP contribution in [0, 0.1) is 6.92 Å². The number of benzene rings is 2. The number of amides is 2. The summed E-state index contributed by atoms with van der Waals surface area (Å²) in [5, 5.41) is 3.15. The number of methoxy groups -OCH3 is 1. The molecule has 0 fully saturated rings. The Balaban J connectivity index is 2.06. The first-order valence-corrected chi connectivity index (χ1v) is 9.65. The van der Waals surface area contributed by atoms with Gasteiger partial charge in [-0.15, -0.1) is 0 Å². The summed E-state index contributed by atoms with van der Waals surface area (Å²) in [5.74, 6) is 0.643. The highest BCUT2D eigenvalue weighted by atomic mass is 16.5. The summed E-state index contributed by atoms with van der Waals surface area (Å²) in [5.41, 5.74) is 2.90. The Kier molecular flexibility index (Phi) is 5.92. The molecule has 0 atom stereocenters. The fraction of sp³-hybridized carbons (Fsp3) is 0.304. The Hall–Kier alpha value is -3.28. The number of anilines is 1. The molecule has 152 valence electrons. The van der Waals surface area contributed by atoms with Crippen LogP contribution < -0.4 is 14.8 Å². The average molecular weight is 394 g/mol. The number of likely N-dealkylation sites (N-methyl/N-ethyl adjacent to an activating group) is 1. The summed E-state index contributed by atoms with van der Waals surface area (Å²) in [4.78, 5) is 27.2. The zero-order valence-electron chi connectivity index (χ0n) is 17.4. The number of hydrogen-bond acceptors (Lipinski definition) is 5. The molecular weight excluding hydrogens is 368 g/mol. The molecule has 0 saturated carbocycles. The van der Waals surface area contributed by atoms with Crippen molar-refractivity contribution < 1.29 is 19.1 Å². The van der Waals surface area contributed by atoms with Crippen LogP contribution in [0.3, 0.4) is 0 Å². The summed E-state index contributed by atoms with van der Waals surface area (Å²) >= 11 is 0. The van der Waals surface area contributed by atoms with Gasteiger partial charge in [0.05, 0.1) is 24.5 Å². The molecule has 6 nitrogen and oxygen atoms in total. The maximum atomic E-state index is 13.0. The predicted molar refractivity (Wildman–Crippen MR) is 113 cm³/mol. The van der Waals surface area contributed by atoms with E-state index in [0.717, 1.165) is 5.56 Å². The van der Waals surface area contributed by atoms with Gasteiger partial charge in [-0.25, -0.2) is 0 Å². The summed E-state index contributed by atoms with van der Waals surface area (Å²) < 4.78 is 11.1. The van der Waals surface area contributed by atoms with Crippen LogP contribution in [-0.4, -0.2) is 36.5 Å². The topological polar surface area (TPSA) is 67.9 Å². The minimum Gasteiger partial charge on any atom is -0.495 e. The number of nitrogens with zero attached hydrogens (tertiary/aromatic N) is 1. The lowest BCUT2D eigenvalue weighted by molar-refractivity contribution is -0.136. The van der Waals surface area contributed by atoms with E-state index in [9.17, 15) is 9.59 Å². The zero-order chi connectivity index (χ0) is 21.1. The molecule has 2 aromatic rings. The van der Waals surface area contributed by atoms with Crippen molar-refractivity contribution in [2.75, 3.05) is 19.0 Å². The third-order valence-electron chi connectivity index (χ3n) is 4.61. The Morgan fingerprint density at radius 1 is 1.03 bits per heavy atom. The lowest BCUT2D eigenvalue weighted by Gasteiger charge is -2.14. The molecule has 0 aliphatic carbocycles. The maximum absolute atomic E-state index is 13.0. The molecule has 0 saturated heterocycles. The van der Waals surface area contributed by atoms with Crippen molar-refractivity contribution in [3.63, 3.8) is 0 Å². The van der Waals surface area contributed by atoms with Gasteiger partial charge >= 0.3 is 0 Å². The molecule has 29 heavy (non-hydrogen) atoms. The van der Waals surface area contributed by atoms with Gasteiger partial charge in [0.15, 0.2) is 0 Å². The minimum atomic E-state index is -0.349. The lowest BCUT2D eigenvalue weighted by atomic mass is 10.0. The van der Waals surface area contributed by atoms with Crippen LogP contribution in [-0.2, 0) is 9.59 Å². The SMILES string of the molecule is CCN1C(=O)C(Nc2cc(C)ccc2OC)=C(c2ccc(OC(C)C)cc2)C1=O. The first kappa shape index (κ1) is 20.5. The third-order valence-corrected chi connectivity index (χ3v) is 4.61. The summed E-state index contributed by atoms with van der Waals surface area (Å²) in [6.07, 6.45) is 0.0522. The minimum absolute atomic E-state index is 0.0522. The molecule has 1 N–H and O–H groups in total. The highest BCUT2D eigenvalue weighted by molar-refractivity contribution is 6.36. The summed E-state index contributed by atoms with van der Waals surface area (Å²) in [6.45, 7) is 7.93. The number of carbonyl (C=O) groups excluding carboxylic acids is 2. The van der Waals surface area contributed by atoms with Crippen LogP contribution in [0.5, 0.6) is 11.5 Å². The van der Waals surface area contributed by atoms with Crippen molar-refractivity contribution in [2.24, 2.45) is 0 Å². The number of carbonyl (C=O) groups is 2. The lowest BCUT2D eigenvalue weighted by Crippen LogP contribution is -2.32. The van der Waals surface area contributed by atoms with E-state index >= 15 is 0 Å². The van der Waals surface area contributed by atoms with Crippen LogP contribution in [0.15, 0.2) is 48.2 Å². The largest absolute Gasteiger partial charge is 0.495 e. The van der Waals surface area contributed by atoms with E-state index < -0.39 is 0 Å². The van der Waals surface area contributed by atoms with E-state index in [1.807, 2.05) is 39.0 Å².